The number of nitrogens with one attached hydrogen (secondary N) is 1. The summed E-state index contributed by atoms with van der Waals surface area (Å²) in [4.78, 5) is 35.6. The molecule has 0 unspecified atom stereocenters. The van der Waals surface area contributed by atoms with Crippen LogP contribution in [0.3, 0.4) is 0 Å². The summed E-state index contributed by atoms with van der Waals surface area (Å²) in [6.45, 7) is 5.09. The standard InChI is InChI=1S/C17H22FNO5/c1-17(2,3)24-15(21)10-13(16(22)23-4)19-14(20)9-11-6-5-7-12(18)8-11/h5-8,13H,9-10H2,1-4H3,(H,19,20)/t13-/m1/s1. The maximum atomic E-state index is 13.1. The summed E-state index contributed by atoms with van der Waals surface area (Å²) in [6, 6.07) is 4.40. The maximum Gasteiger partial charge on any atom is 0.328 e. The predicted octanol–water partition coefficient (Wildman–Crippen LogP) is 1.76. The molecule has 24 heavy (non-hydrogen) atoms. The van der Waals surface area contributed by atoms with Crippen LogP contribution in [0.5, 0.6) is 0 Å². The van der Waals surface area contributed by atoms with Gasteiger partial charge in [-0.05, 0) is 38.5 Å². The van der Waals surface area contributed by atoms with E-state index >= 15 is 0 Å². The number of benzene rings is 1. The van der Waals surface area contributed by atoms with Crippen LogP contribution in [0.4, 0.5) is 4.39 Å². The topological polar surface area (TPSA) is 81.7 Å². The summed E-state index contributed by atoms with van der Waals surface area (Å²) in [6.07, 6.45) is -0.474. The van der Waals surface area contributed by atoms with Crippen molar-refractivity contribution in [1.82, 2.24) is 5.32 Å². The van der Waals surface area contributed by atoms with Crippen LogP contribution < -0.4 is 5.32 Å². The van der Waals surface area contributed by atoms with Crippen molar-refractivity contribution < 1.29 is 28.2 Å². The lowest BCUT2D eigenvalue weighted by molar-refractivity contribution is -0.159. The summed E-state index contributed by atoms with van der Waals surface area (Å²) in [5, 5.41) is 2.42. The predicted molar refractivity (Wildman–Crippen MR) is 84.5 cm³/mol. The van der Waals surface area contributed by atoms with Gasteiger partial charge in [0.15, 0.2) is 0 Å². The highest BCUT2D eigenvalue weighted by atomic mass is 19.1. The second-order valence-corrected chi connectivity index (χ2v) is 6.24. The number of amides is 1. The number of esters is 2. The fourth-order valence-corrected chi connectivity index (χ4v) is 1.96. The molecule has 0 spiro atoms. The number of rotatable bonds is 6. The van der Waals surface area contributed by atoms with Gasteiger partial charge in [0, 0.05) is 0 Å². The van der Waals surface area contributed by atoms with E-state index < -0.39 is 35.3 Å². The van der Waals surface area contributed by atoms with E-state index in [0.29, 0.717) is 5.56 Å². The fourth-order valence-electron chi connectivity index (χ4n) is 1.96. The van der Waals surface area contributed by atoms with E-state index in [0.717, 1.165) is 7.11 Å². The molecular formula is C17H22FNO5. The van der Waals surface area contributed by atoms with Gasteiger partial charge in [0.2, 0.25) is 5.91 Å². The van der Waals surface area contributed by atoms with Crippen LogP contribution in [-0.2, 0) is 30.3 Å². The van der Waals surface area contributed by atoms with E-state index in [1.54, 1.807) is 26.8 Å². The number of methoxy groups -OCH3 is 1. The first kappa shape index (κ1) is 19.6. The zero-order valence-electron chi connectivity index (χ0n) is 14.2. The van der Waals surface area contributed by atoms with Gasteiger partial charge in [0.25, 0.3) is 0 Å². The monoisotopic (exact) mass is 339 g/mol. The number of ether oxygens (including phenoxy) is 2. The van der Waals surface area contributed by atoms with Crippen molar-refractivity contribution in [2.24, 2.45) is 0 Å². The zero-order chi connectivity index (χ0) is 18.3. The van der Waals surface area contributed by atoms with Gasteiger partial charge in [-0.15, -0.1) is 0 Å². The Balaban J connectivity index is 2.70. The number of hydrogen-bond donors (Lipinski definition) is 1. The molecule has 0 bridgehead atoms. The number of halogens is 1. The molecule has 7 heteroatoms. The van der Waals surface area contributed by atoms with Crippen LogP contribution in [0.2, 0.25) is 0 Å². The van der Waals surface area contributed by atoms with Gasteiger partial charge in [-0.25, -0.2) is 9.18 Å². The number of carbonyl (C=O) groups is 3. The average Bonchev–Trinajstić information content (AvgIpc) is 2.43. The molecule has 0 aliphatic rings. The van der Waals surface area contributed by atoms with Crippen LogP contribution in [-0.4, -0.2) is 36.6 Å². The van der Waals surface area contributed by atoms with Gasteiger partial charge < -0.3 is 14.8 Å². The number of carbonyl (C=O) groups excluding carboxylic acids is 3. The van der Waals surface area contributed by atoms with Crippen LogP contribution in [0.1, 0.15) is 32.8 Å². The molecule has 1 aromatic carbocycles. The van der Waals surface area contributed by atoms with E-state index in [4.69, 9.17) is 4.74 Å². The summed E-state index contributed by atoms with van der Waals surface area (Å²) >= 11 is 0. The molecule has 0 radical (unpaired) electrons. The molecule has 1 N–H and O–H groups in total. The Morgan fingerprint density at radius 1 is 1.25 bits per heavy atom. The third-order valence-electron chi connectivity index (χ3n) is 2.87. The molecule has 0 aliphatic heterocycles. The second-order valence-electron chi connectivity index (χ2n) is 6.24. The zero-order valence-corrected chi connectivity index (χ0v) is 14.2. The summed E-state index contributed by atoms with van der Waals surface area (Å²) in [7, 11) is 1.16. The van der Waals surface area contributed by atoms with E-state index in [-0.39, 0.29) is 12.8 Å². The Morgan fingerprint density at radius 2 is 1.92 bits per heavy atom. The molecule has 0 heterocycles. The minimum atomic E-state index is -1.16. The molecule has 0 aromatic heterocycles. The molecule has 1 atom stereocenters. The van der Waals surface area contributed by atoms with E-state index in [9.17, 15) is 18.8 Å². The fraction of sp³-hybridized carbons (Fsp3) is 0.471. The smallest absolute Gasteiger partial charge is 0.328 e. The van der Waals surface area contributed by atoms with Crippen molar-refractivity contribution in [3.8, 4) is 0 Å². The third kappa shape index (κ3) is 7.21. The van der Waals surface area contributed by atoms with Crippen molar-refractivity contribution >= 4 is 17.8 Å². The quantitative estimate of drug-likeness (QED) is 0.799. The lowest BCUT2D eigenvalue weighted by atomic mass is 10.1. The van der Waals surface area contributed by atoms with Crippen LogP contribution in [0, 0.1) is 5.82 Å². The summed E-state index contributed by atoms with van der Waals surface area (Å²) < 4.78 is 22.8. The van der Waals surface area contributed by atoms with Crippen molar-refractivity contribution in [2.45, 2.75) is 45.3 Å². The minimum Gasteiger partial charge on any atom is -0.467 e. The average molecular weight is 339 g/mol. The number of hydrogen-bond acceptors (Lipinski definition) is 5. The first-order valence-corrected chi connectivity index (χ1v) is 7.44. The minimum absolute atomic E-state index is 0.125. The van der Waals surface area contributed by atoms with Gasteiger partial charge in [0.1, 0.15) is 17.5 Å². The highest BCUT2D eigenvalue weighted by Crippen LogP contribution is 2.10. The van der Waals surface area contributed by atoms with E-state index in [1.807, 2.05) is 0 Å². The van der Waals surface area contributed by atoms with Crippen molar-refractivity contribution in [2.75, 3.05) is 7.11 Å². The highest BCUT2D eigenvalue weighted by Gasteiger charge is 2.27. The highest BCUT2D eigenvalue weighted by molar-refractivity contribution is 5.88. The van der Waals surface area contributed by atoms with Crippen molar-refractivity contribution in [3.63, 3.8) is 0 Å². The van der Waals surface area contributed by atoms with Crippen LogP contribution >= 0.6 is 0 Å². The van der Waals surface area contributed by atoms with Gasteiger partial charge in [0.05, 0.1) is 20.0 Å². The van der Waals surface area contributed by atoms with Crippen molar-refractivity contribution in [3.05, 3.63) is 35.6 Å². The normalized spacial score (nSPS) is 12.2. The lowest BCUT2D eigenvalue weighted by Crippen LogP contribution is -2.44. The van der Waals surface area contributed by atoms with Gasteiger partial charge >= 0.3 is 11.9 Å². The van der Waals surface area contributed by atoms with Gasteiger partial charge in [-0.2, -0.15) is 0 Å². The largest absolute Gasteiger partial charge is 0.467 e. The van der Waals surface area contributed by atoms with Crippen molar-refractivity contribution in [1.29, 1.82) is 0 Å². The molecule has 0 aliphatic carbocycles. The molecule has 132 valence electrons. The maximum absolute atomic E-state index is 13.1. The molecule has 1 amide bonds. The second kappa shape index (κ2) is 8.42. The molecule has 1 aromatic rings. The van der Waals surface area contributed by atoms with Crippen LogP contribution in [0.15, 0.2) is 24.3 Å². The molecule has 0 saturated heterocycles. The molecule has 1 rings (SSSR count). The SMILES string of the molecule is COC(=O)[C@@H](CC(=O)OC(C)(C)C)NC(=O)Cc1cccc(F)c1. The Morgan fingerprint density at radius 3 is 2.46 bits per heavy atom. The summed E-state index contributed by atoms with van der Waals surface area (Å²) in [5.41, 5.74) is -0.253. The lowest BCUT2D eigenvalue weighted by Gasteiger charge is -2.22. The molecule has 0 saturated carbocycles. The molecular weight excluding hydrogens is 317 g/mol. The Hall–Kier alpha value is -2.44. The Labute approximate surface area is 140 Å². The first-order valence-electron chi connectivity index (χ1n) is 7.44. The Bertz CT molecular complexity index is 609. The van der Waals surface area contributed by atoms with E-state index in [2.05, 4.69) is 10.1 Å². The third-order valence-corrected chi connectivity index (χ3v) is 2.87. The summed E-state index contributed by atoms with van der Waals surface area (Å²) in [5.74, 6) is -2.38. The molecule has 6 nitrogen and oxygen atoms in total. The van der Waals surface area contributed by atoms with Gasteiger partial charge in [-0.1, -0.05) is 12.1 Å². The van der Waals surface area contributed by atoms with Gasteiger partial charge in [-0.3, -0.25) is 9.59 Å². The first-order chi connectivity index (χ1) is 11.1. The Kier molecular flexibility index (Phi) is 6.88. The van der Waals surface area contributed by atoms with Crippen LogP contribution in [0.25, 0.3) is 0 Å². The molecule has 0 fully saturated rings. The van der Waals surface area contributed by atoms with E-state index in [1.165, 1.54) is 18.2 Å².